The summed E-state index contributed by atoms with van der Waals surface area (Å²) < 4.78 is 27.8. The molecule has 7 heteroatoms. The molecule has 0 unspecified atom stereocenters. The molecular weight excluding hydrogens is 302 g/mol. The number of para-hydroxylation sites is 1. The smallest absolute Gasteiger partial charge is 0.306 e. The van der Waals surface area contributed by atoms with Crippen LogP contribution in [0.3, 0.4) is 0 Å². The number of sulfonamides is 1. The molecule has 3 rings (SSSR count). The predicted octanol–water partition coefficient (Wildman–Crippen LogP) is 2.27. The van der Waals surface area contributed by atoms with Gasteiger partial charge in [-0.2, -0.15) is 0 Å². The predicted molar refractivity (Wildman–Crippen MR) is 85.6 cm³/mol. The summed E-state index contributed by atoms with van der Waals surface area (Å²) in [5.41, 5.74) is 2.60. The van der Waals surface area contributed by atoms with E-state index >= 15 is 0 Å². The number of aromatic nitrogens is 2. The lowest BCUT2D eigenvalue weighted by molar-refractivity contribution is 0.600. The molecule has 1 heterocycles. The molecule has 0 saturated heterocycles. The van der Waals surface area contributed by atoms with Gasteiger partial charge in [0.25, 0.3) is 10.0 Å². The third-order valence-electron chi connectivity index (χ3n) is 3.49. The molecule has 0 atom stereocenters. The van der Waals surface area contributed by atoms with Crippen LogP contribution in [-0.4, -0.2) is 18.4 Å². The monoisotopic (exact) mass is 317 g/mol. The van der Waals surface area contributed by atoms with Crippen LogP contribution >= 0.6 is 0 Å². The maximum atomic E-state index is 12.6. The zero-order valence-electron chi connectivity index (χ0n) is 12.1. The lowest BCUT2D eigenvalue weighted by Gasteiger charge is -2.12. The van der Waals surface area contributed by atoms with Gasteiger partial charge in [0.05, 0.1) is 21.6 Å². The molecule has 0 bridgehead atoms. The molecule has 3 N–H and O–H groups in total. The average Bonchev–Trinajstić information content (AvgIpc) is 2.79. The highest BCUT2D eigenvalue weighted by molar-refractivity contribution is 7.92. The first kappa shape index (κ1) is 14.4. The van der Waals surface area contributed by atoms with Crippen LogP contribution in [0.5, 0.6) is 0 Å². The minimum absolute atomic E-state index is 0.138. The van der Waals surface area contributed by atoms with Crippen LogP contribution in [0, 0.1) is 13.8 Å². The number of aromatic amines is 2. The molecule has 6 nitrogen and oxygen atoms in total. The van der Waals surface area contributed by atoms with Crippen LogP contribution in [0.4, 0.5) is 5.69 Å². The number of nitrogens with one attached hydrogen (secondary N) is 3. The number of H-pyrrole nitrogens is 2. The van der Waals surface area contributed by atoms with Gasteiger partial charge in [0.1, 0.15) is 0 Å². The largest absolute Gasteiger partial charge is 0.323 e. The molecule has 0 radical (unpaired) electrons. The van der Waals surface area contributed by atoms with E-state index in [0.29, 0.717) is 22.3 Å². The summed E-state index contributed by atoms with van der Waals surface area (Å²) in [6, 6.07) is 10.2. The standard InChI is InChI=1S/C15H15N3O3S/c1-9-5-3-4-6-11(9)18-22(20,21)14-8-13-12(7-10(14)2)16-15(19)17-13/h3-8,18H,1-2H3,(H2,16,17,19). The molecule has 0 aliphatic carbocycles. The SMILES string of the molecule is Cc1ccccc1NS(=O)(=O)c1cc2[nH]c(=O)[nH]c2cc1C. The van der Waals surface area contributed by atoms with Gasteiger partial charge in [0.15, 0.2) is 0 Å². The quantitative estimate of drug-likeness (QED) is 0.691. The number of hydrogen-bond donors (Lipinski definition) is 3. The highest BCUT2D eigenvalue weighted by Gasteiger charge is 2.19. The van der Waals surface area contributed by atoms with Gasteiger partial charge in [-0.1, -0.05) is 18.2 Å². The van der Waals surface area contributed by atoms with Gasteiger partial charge in [0.2, 0.25) is 0 Å². The Bertz CT molecular complexity index is 1020. The highest BCUT2D eigenvalue weighted by atomic mass is 32.2. The molecule has 0 saturated carbocycles. The number of imidazole rings is 1. The third-order valence-corrected chi connectivity index (χ3v) is 5.00. The number of anilines is 1. The molecule has 0 spiro atoms. The van der Waals surface area contributed by atoms with Crippen molar-refractivity contribution >= 4 is 26.7 Å². The molecule has 114 valence electrons. The molecule has 0 aliphatic heterocycles. The molecule has 1 aromatic heterocycles. The fourth-order valence-electron chi connectivity index (χ4n) is 2.35. The summed E-state index contributed by atoms with van der Waals surface area (Å²) in [6.45, 7) is 3.52. The molecule has 0 amide bonds. The lowest BCUT2D eigenvalue weighted by atomic mass is 10.2. The van der Waals surface area contributed by atoms with Gasteiger partial charge in [-0.15, -0.1) is 0 Å². The third kappa shape index (κ3) is 2.50. The summed E-state index contributed by atoms with van der Waals surface area (Å²) in [4.78, 5) is 16.6. The van der Waals surface area contributed by atoms with Gasteiger partial charge >= 0.3 is 5.69 Å². The topological polar surface area (TPSA) is 94.8 Å². The second kappa shape index (κ2) is 5.03. The average molecular weight is 317 g/mol. The Hall–Kier alpha value is -2.54. The molecule has 0 aliphatic rings. The van der Waals surface area contributed by atoms with E-state index in [1.54, 1.807) is 25.1 Å². The van der Waals surface area contributed by atoms with E-state index in [1.807, 2.05) is 19.1 Å². The van der Waals surface area contributed by atoms with Crippen LogP contribution in [0.2, 0.25) is 0 Å². The van der Waals surface area contributed by atoms with Crippen molar-refractivity contribution in [2.45, 2.75) is 18.7 Å². The zero-order chi connectivity index (χ0) is 15.9. The zero-order valence-corrected chi connectivity index (χ0v) is 12.9. The first-order valence-corrected chi connectivity index (χ1v) is 8.16. The summed E-state index contributed by atoms with van der Waals surface area (Å²) in [5, 5.41) is 0. The lowest BCUT2D eigenvalue weighted by Crippen LogP contribution is -2.15. The van der Waals surface area contributed by atoms with Crippen molar-refractivity contribution in [3.63, 3.8) is 0 Å². The van der Waals surface area contributed by atoms with Crippen molar-refractivity contribution in [3.8, 4) is 0 Å². The van der Waals surface area contributed by atoms with Crippen molar-refractivity contribution in [2.75, 3.05) is 4.72 Å². The Morgan fingerprint density at radius 2 is 1.59 bits per heavy atom. The Morgan fingerprint density at radius 1 is 0.955 bits per heavy atom. The Morgan fingerprint density at radius 3 is 2.27 bits per heavy atom. The van der Waals surface area contributed by atoms with Crippen LogP contribution in [0.15, 0.2) is 46.1 Å². The van der Waals surface area contributed by atoms with Gasteiger partial charge in [-0.05, 0) is 43.2 Å². The molecule has 22 heavy (non-hydrogen) atoms. The van der Waals surface area contributed by atoms with E-state index in [2.05, 4.69) is 14.7 Å². The van der Waals surface area contributed by atoms with Crippen molar-refractivity contribution in [1.82, 2.24) is 9.97 Å². The van der Waals surface area contributed by atoms with E-state index in [1.165, 1.54) is 6.07 Å². The second-order valence-electron chi connectivity index (χ2n) is 5.16. The Kier molecular flexibility index (Phi) is 3.29. The number of fused-ring (bicyclic) bond motifs is 1. The van der Waals surface area contributed by atoms with Crippen LogP contribution in [-0.2, 0) is 10.0 Å². The summed E-state index contributed by atoms with van der Waals surface area (Å²) in [6.07, 6.45) is 0. The minimum Gasteiger partial charge on any atom is -0.306 e. The molecular formula is C15H15N3O3S. The van der Waals surface area contributed by atoms with Crippen LogP contribution < -0.4 is 10.4 Å². The highest BCUT2D eigenvalue weighted by Crippen LogP contribution is 2.24. The van der Waals surface area contributed by atoms with E-state index in [9.17, 15) is 13.2 Å². The summed E-state index contributed by atoms with van der Waals surface area (Å²) in [7, 11) is -3.73. The number of hydrogen-bond acceptors (Lipinski definition) is 3. The Balaban J connectivity index is 2.10. The first-order valence-electron chi connectivity index (χ1n) is 6.68. The van der Waals surface area contributed by atoms with Gasteiger partial charge in [-0.3, -0.25) is 4.72 Å². The minimum atomic E-state index is -3.73. The first-order chi connectivity index (χ1) is 10.4. The number of benzene rings is 2. The molecule has 3 aromatic rings. The fraction of sp³-hybridized carbons (Fsp3) is 0.133. The summed E-state index contributed by atoms with van der Waals surface area (Å²) >= 11 is 0. The van der Waals surface area contributed by atoms with Crippen LogP contribution in [0.1, 0.15) is 11.1 Å². The number of aryl methyl sites for hydroxylation is 2. The normalized spacial score (nSPS) is 11.7. The Labute approximate surface area is 127 Å². The van der Waals surface area contributed by atoms with Gasteiger partial charge in [0, 0.05) is 0 Å². The van der Waals surface area contributed by atoms with Crippen molar-refractivity contribution in [1.29, 1.82) is 0 Å². The van der Waals surface area contributed by atoms with Gasteiger partial charge in [-0.25, -0.2) is 13.2 Å². The van der Waals surface area contributed by atoms with Crippen molar-refractivity contribution < 1.29 is 8.42 Å². The summed E-state index contributed by atoms with van der Waals surface area (Å²) in [5.74, 6) is 0. The molecule has 0 fully saturated rings. The van der Waals surface area contributed by atoms with Crippen molar-refractivity contribution in [3.05, 3.63) is 58.0 Å². The van der Waals surface area contributed by atoms with E-state index < -0.39 is 10.0 Å². The molecule has 2 aromatic carbocycles. The van der Waals surface area contributed by atoms with Gasteiger partial charge < -0.3 is 9.97 Å². The number of rotatable bonds is 3. The maximum Gasteiger partial charge on any atom is 0.323 e. The maximum absolute atomic E-state index is 12.6. The second-order valence-corrected chi connectivity index (χ2v) is 6.81. The van der Waals surface area contributed by atoms with E-state index in [0.717, 1.165) is 5.56 Å². The van der Waals surface area contributed by atoms with E-state index in [4.69, 9.17) is 0 Å². The van der Waals surface area contributed by atoms with E-state index in [-0.39, 0.29) is 10.6 Å². The van der Waals surface area contributed by atoms with Crippen LogP contribution in [0.25, 0.3) is 11.0 Å². The fourth-order valence-corrected chi connectivity index (χ4v) is 3.73. The van der Waals surface area contributed by atoms with Crippen molar-refractivity contribution in [2.24, 2.45) is 0 Å².